The standard InChI is InChI=1S/C7H15NO/c1-2-3-4-5-6-7(8)9/h2-3,7,9H,4-6,8H2,1H3. The molecule has 1 atom stereocenters. The molecule has 0 aliphatic heterocycles. The molecule has 0 radical (unpaired) electrons. The fraction of sp³-hybridized carbons (Fsp3) is 0.714. The molecule has 0 aromatic carbocycles. The molecule has 0 amide bonds. The number of aliphatic hydroxyl groups is 1. The molecule has 54 valence electrons. The zero-order valence-corrected chi connectivity index (χ0v) is 5.88. The SMILES string of the molecule is CC=CCCCC(N)O. The number of hydrogen-bond donors (Lipinski definition) is 2. The van der Waals surface area contributed by atoms with Crippen molar-refractivity contribution in [3.05, 3.63) is 12.2 Å². The van der Waals surface area contributed by atoms with Crippen LogP contribution in [-0.4, -0.2) is 11.3 Å². The van der Waals surface area contributed by atoms with Crippen molar-refractivity contribution in [2.45, 2.75) is 32.4 Å². The number of nitrogens with two attached hydrogens (primary N) is 1. The van der Waals surface area contributed by atoms with Crippen LogP contribution in [0.4, 0.5) is 0 Å². The molecule has 0 heterocycles. The Bertz CT molecular complexity index is 79.0. The van der Waals surface area contributed by atoms with Gasteiger partial charge in [0.1, 0.15) is 6.23 Å². The summed E-state index contributed by atoms with van der Waals surface area (Å²) in [4.78, 5) is 0. The van der Waals surface area contributed by atoms with E-state index in [1.54, 1.807) is 0 Å². The average Bonchev–Trinajstić information content (AvgIpc) is 1.80. The van der Waals surface area contributed by atoms with Crippen molar-refractivity contribution < 1.29 is 5.11 Å². The molecule has 2 nitrogen and oxygen atoms in total. The van der Waals surface area contributed by atoms with Crippen LogP contribution in [-0.2, 0) is 0 Å². The molecular formula is C7H15NO. The minimum atomic E-state index is -0.629. The first kappa shape index (κ1) is 8.66. The molecule has 1 unspecified atom stereocenters. The molecule has 0 bridgehead atoms. The van der Waals surface area contributed by atoms with Crippen LogP contribution in [0.5, 0.6) is 0 Å². The highest BCUT2D eigenvalue weighted by molar-refractivity contribution is 4.76. The van der Waals surface area contributed by atoms with Gasteiger partial charge in [0.25, 0.3) is 0 Å². The van der Waals surface area contributed by atoms with Gasteiger partial charge >= 0.3 is 0 Å². The van der Waals surface area contributed by atoms with Crippen LogP contribution in [0, 0.1) is 0 Å². The van der Waals surface area contributed by atoms with Gasteiger partial charge in [-0.2, -0.15) is 0 Å². The molecule has 0 aromatic rings. The Balaban J connectivity index is 2.91. The Morgan fingerprint density at radius 3 is 2.78 bits per heavy atom. The second-order valence-electron chi connectivity index (χ2n) is 2.07. The predicted octanol–water partition coefficient (Wildman–Crippen LogP) is 1.01. The van der Waals surface area contributed by atoms with Gasteiger partial charge in [0.15, 0.2) is 0 Å². The Morgan fingerprint density at radius 2 is 2.33 bits per heavy atom. The average molecular weight is 129 g/mol. The van der Waals surface area contributed by atoms with Gasteiger partial charge in [0.2, 0.25) is 0 Å². The van der Waals surface area contributed by atoms with Gasteiger partial charge in [-0.05, 0) is 26.2 Å². The lowest BCUT2D eigenvalue weighted by molar-refractivity contribution is 0.169. The number of allylic oxidation sites excluding steroid dienone is 2. The van der Waals surface area contributed by atoms with Crippen molar-refractivity contribution in [3.8, 4) is 0 Å². The first-order valence-electron chi connectivity index (χ1n) is 3.32. The van der Waals surface area contributed by atoms with Crippen molar-refractivity contribution >= 4 is 0 Å². The Kier molecular flexibility index (Phi) is 5.57. The highest BCUT2D eigenvalue weighted by Crippen LogP contribution is 1.97. The first-order valence-corrected chi connectivity index (χ1v) is 3.32. The van der Waals surface area contributed by atoms with Gasteiger partial charge in [-0.3, -0.25) is 0 Å². The van der Waals surface area contributed by atoms with Gasteiger partial charge in [-0.25, -0.2) is 0 Å². The zero-order valence-electron chi connectivity index (χ0n) is 5.88. The van der Waals surface area contributed by atoms with Gasteiger partial charge in [0.05, 0.1) is 0 Å². The van der Waals surface area contributed by atoms with Crippen LogP contribution in [0.3, 0.4) is 0 Å². The quantitative estimate of drug-likeness (QED) is 0.338. The summed E-state index contributed by atoms with van der Waals surface area (Å²) in [5.74, 6) is 0. The van der Waals surface area contributed by atoms with E-state index in [2.05, 4.69) is 6.08 Å². The lowest BCUT2D eigenvalue weighted by Crippen LogP contribution is -2.17. The Labute approximate surface area is 56.4 Å². The number of unbranched alkanes of at least 4 members (excludes halogenated alkanes) is 1. The van der Waals surface area contributed by atoms with Gasteiger partial charge in [-0.1, -0.05) is 12.2 Å². The highest BCUT2D eigenvalue weighted by Gasteiger charge is 1.91. The fourth-order valence-corrected chi connectivity index (χ4v) is 0.612. The van der Waals surface area contributed by atoms with Crippen LogP contribution in [0.1, 0.15) is 26.2 Å². The zero-order chi connectivity index (χ0) is 7.11. The second kappa shape index (κ2) is 5.79. The minimum Gasteiger partial charge on any atom is -0.379 e. The molecule has 0 aromatic heterocycles. The van der Waals surface area contributed by atoms with Crippen LogP contribution in [0.2, 0.25) is 0 Å². The number of aliphatic hydroxyl groups excluding tert-OH is 1. The van der Waals surface area contributed by atoms with E-state index < -0.39 is 6.23 Å². The maximum atomic E-state index is 8.61. The topological polar surface area (TPSA) is 46.2 Å². The summed E-state index contributed by atoms with van der Waals surface area (Å²) >= 11 is 0. The molecule has 2 heteroatoms. The van der Waals surface area contributed by atoms with E-state index in [0.717, 1.165) is 12.8 Å². The van der Waals surface area contributed by atoms with E-state index in [-0.39, 0.29) is 0 Å². The minimum absolute atomic E-state index is 0.629. The molecule has 9 heavy (non-hydrogen) atoms. The monoisotopic (exact) mass is 129 g/mol. The smallest absolute Gasteiger partial charge is 0.102 e. The van der Waals surface area contributed by atoms with Crippen molar-refractivity contribution in [1.82, 2.24) is 0 Å². The van der Waals surface area contributed by atoms with Crippen molar-refractivity contribution in [2.24, 2.45) is 5.73 Å². The maximum Gasteiger partial charge on any atom is 0.102 e. The molecule has 0 rings (SSSR count). The van der Waals surface area contributed by atoms with E-state index in [0.29, 0.717) is 6.42 Å². The molecule has 3 N–H and O–H groups in total. The summed E-state index contributed by atoms with van der Waals surface area (Å²) in [5.41, 5.74) is 5.11. The molecular weight excluding hydrogens is 114 g/mol. The van der Waals surface area contributed by atoms with E-state index in [1.165, 1.54) is 0 Å². The third-order valence-corrected chi connectivity index (χ3v) is 1.11. The van der Waals surface area contributed by atoms with E-state index in [9.17, 15) is 0 Å². The van der Waals surface area contributed by atoms with Crippen molar-refractivity contribution in [1.29, 1.82) is 0 Å². The normalized spacial score (nSPS) is 14.6. The summed E-state index contributed by atoms with van der Waals surface area (Å²) in [6.07, 6.45) is 6.14. The van der Waals surface area contributed by atoms with Gasteiger partial charge < -0.3 is 10.8 Å². The summed E-state index contributed by atoms with van der Waals surface area (Å²) in [7, 11) is 0. The van der Waals surface area contributed by atoms with E-state index in [4.69, 9.17) is 10.8 Å². The third kappa shape index (κ3) is 7.66. The first-order chi connectivity index (χ1) is 4.27. The van der Waals surface area contributed by atoms with Crippen LogP contribution < -0.4 is 5.73 Å². The molecule has 0 aliphatic rings. The van der Waals surface area contributed by atoms with Crippen LogP contribution >= 0.6 is 0 Å². The van der Waals surface area contributed by atoms with Gasteiger partial charge in [-0.15, -0.1) is 0 Å². The maximum absolute atomic E-state index is 8.61. The largest absolute Gasteiger partial charge is 0.379 e. The van der Waals surface area contributed by atoms with Crippen LogP contribution in [0.25, 0.3) is 0 Å². The van der Waals surface area contributed by atoms with Crippen molar-refractivity contribution in [3.63, 3.8) is 0 Å². The summed E-state index contributed by atoms with van der Waals surface area (Å²) in [6, 6.07) is 0. The van der Waals surface area contributed by atoms with E-state index in [1.807, 2.05) is 13.0 Å². The van der Waals surface area contributed by atoms with Crippen LogP contribution in [0.15, 0.2) is 12.2 Å². The lowest BCUT2D eigenvalue weighted by Gasteiger charge is -1.99. The third-order valence-electron chi connectivity index (χ3n) is 1.11. The highest BCUT2D eigenvalue weighted by atomic mass is 16.3. The number of rotatable bonds is 4. The molecule has 0 saturated carbocycles. The summed E-state index contributed by atoms with van der Waals surface area (Å²) < 4.78 is 0. The lowest BCUT2D eigenvalue weighted by atomic mass is 10.2. The number of hydrogen-bond acceptors (Lipinski definition) is 2. The molecule has 0 fully saturated rings. The molecule has 0 saturated heterocycles. The molecule has 0 aliphatic carbocycles. The van der Waals surface area contributed by atoms with E-state index >= 15 is 0 Å². The predicted molar refractivity (Wildman–Crippen MR) is 38.9 cm³/mol. The Hall–Kier alpha value is -0.340. The summed E-state index contributed by atoms with van der Waals surface area (Å²) in [5, 5.41) is 8.61. The summed E-state index contributed by atoms with van der Waals surface area (Å²) in [6.45, 7) is 1.98. The second-order valence-corrected chi connectivity index (χ2v) is 2.07. The van der Waals surface area contributed by atoms with Gasteiger partial charge in [0, 0.05) is 0 Å². The fourth-order valence-electron chi connectivity index (χ4n) is 0.612. The van der Waals surface area contributed by atoms with Crippen molar-refractivity contribution in [2.75, 3.05) is 0 Å². The molecule has 0 spiro atoms. The Morgan fingerprint density at radius 1 is 1.67 bits per heavy atom.